The zero-order valence-corrected chi connectivity index (χ0v) is 15.4. The molecule has 0 aliphatic carbocycles. The fraction of sp³-hybridized carbons (Fsp3) is 0.455. The second-order valence-electron chi connectivity index (χ2n) is 7.08. The van der Waals surface area contributed by atoms with Gasteiger partial charge < -0.3 is 9.47 Å². The summed E-state index contributed by atoms with van der Waals surface area (Å²) in [7, 11) is 0. The largest absolute Gasteiger partial charge is 0.348 e. The van der Waals surface area contributed by atoms with Crippen molar-refractivity contribution in [3.8, 4) is 0 Å². The summed E-state index contributed by atoms with van der Waals surface area (Å²) in [6.45, 7) is 8.66. The zero-order valence-electron chi connectivity index (χ0n) is 15.4. The van der Waals surface area contributed by atoms with E-state index in [1.54, 1.807) is 0 Å². The molecule has 2 aromatic rings. The average molecular weight is 339 g/mol. The summed E-state index contributed by atoms with van der Waals surface area (Å²) >= 11 is 0. The summed E-state index contributed by atoms with van der Waals surface area (Å²) in [6, 6.07) is 21.4. The predicted molar refractivity (Wildman–Crippen MR) is 101 cm³/mol. The van der Waals surface area contributed by atoms with E-state index in [0.717, 1.165) is 26.1 Å². The third-order valence-electron chi connectivity index (χ3n) is 5.13. The second kappa shape index (κ2) is 8.61. The molecule has 1 saturated heterocycles. The van der Waals surface area contributed by atoms with E-state index in [-0.39, 0.29) is 0 Å². The Kier molecular flexibility index (Phi) is 6.24. The van der Waals surface area contributed by atoms with Crippen molar-refractivity contribution in [2.75, 3.05) is 19.8 Å². The van der Waals surface area contributed by atoms with E-state index < -0.39 is 5.79 Å². The minimum atomic E-state index is -0.425. The lowest BCUT2D eigenvalue weighted by Crippen LogP contribution is -2.36. The molecule has 3 heteroatoms. The highest BCUT2D eigenvalue weighted by Gasteiger charge is 2.36. The minimum Gasteiger partial charge on any atom is -0.348 e. The van der Waals surface area contributed by atoms with Crippen molar-refractivity contribution in [1.29, 1.82) is 0 Å². The van der Waals surface area contributed by atoms with Gasteiger partial charge in [0.05, 0.1) is 13.2 Å². The monoisotopic (exact) mass is 339 g/mol. The maximum atomic E-state index is 5.83. The zero-order chi connectivity index (χ0) is 17.5. The molecule has 1 aliphatic heterocycles. The predicted octanol–water partition coefficient (Wildman–Crippen LogP) is 4.48. The van der Waals surface area contributed by atoms with Crippen molar-refractivity contribution >= 4 is 0 Å². The molecule has 3 nitrogen and oxygen atoms in total. The average Bonchev–Trinajstić information content (AvgIpc) is 3.09. The minimum absolute atomic E-state index is 0.365. The molecule has 0 amide bonds. The molecule has 1 atom stereocenters. The molecular formula is C22H29NO2. The lowest BCUT2D eigenvalue weighted by atomic mass is 9.98. The number of ether oxygens (including phenoxy) is 2. The Hall–Kier alpha value is -1.68. The smallest absolute Gasteiger partial charge is 0.168 e. The highest BCUT2D eigenvalue weighted by Crippen LogP contribution is 2.30. The Morgan fingerprint density at radius 2 is 1.36 bits per heavy atom. The van der Waals surface area contributed by atoms with Crippen LogP contribution in [0.2, 0.25) is 0 Å². The molecule has 0 bridgehead atoms. The Morgan fingerprint density at radius 1 is 0.880 bits per heavy atom. The number of hydrogen-bond donors (Lipinski definition) is 0. The van der Waals surface area contributed by atoms with E-state index in [1.807, 2.05) is 0 Å². The van der Waals surface area contributed by atoms with Crippen LogP contribution in [-0.2, 0) is 22.6 Å². The first-order valence-electron chi connectivity index (χ1n) is 9.24. The van der Waals surface area contributed by atoms with E-state index in [4.69, 9.17) is 9.47 Å². The van der Waals surface area contributed by atoms with Crippen LogP contribution in [0.4, 0.5) is 0 Å². The maximum Gasteiger partial charge on any atom is 0.168 e. The van der Waals surface area contributed by atoms with Gasteiger partial charge in [-0.25, -0.2) is 0 Å². The summed E-state index contributed by atoms with van der Waals surface area (Å²) in [5, 5.41) is 0. The second-order valence-corrected chi connectivity index (χ2v) is 7.08. The normalized spacial score (nSPS) is 17.7. The fourth-order valence-corrected chi connectivity index (χ4v) is 3.35. The molecule has 25 heavy (non-hydrogen) atoms. The molecule has 134 valence electrons. The van der Waals surface area contributed by atoms with E-state index in [9.17, 15) is 0 Å². The van der Waals surface area contributed by atoms with Crippen LogP contribution in [0.5, 0.6) is 0 Å². The molecule has 0 radical (unpaired) electrons. The van der Waals surface area contributed by atoms with Crippen LogP contribution in [0.15, 0.2) is 60.7 Å². The quantitative estimate of drug-likeness (QED) is 0.708. The molecule has 3 rings (SSSR count). The Labute approximate surface area is 151 Å². The summed E-state index contributed by atoms with van der Waals surface area (Å²) in [5.41, 5.74) is 2.70. The van der Waals surface area contributed by atoms with Crippen molar-refractivity contribution in [1.82, 2.24) is 4.90 Å². The van der Waals surface area contributed by atoms with Crippen LogP contribution in [0.25, 0.3) is 0 Å². The van der Waals surface area contributed by atoms with E-state index >= 15 is 0 Å². The van der Waals surface area contributed by atoms with Gasteiger partial charge >= 0.3 is 0 Å². The molecule has 0 saturated carbocycles. The van der Waals surface area contributed by atoms with Crippen LogP contribution in [0, 0.1) is 5.92 Å². The molecule has 2 aromatic carbocycles. The van der Waals surface area contributed by atoms with E-state index in [1.165, 1.54) is 11.1 Å². The number of benzene rings is 2. The number of hydrogen-bond acceptors (Lipinski definition) is 3. The molecule has 0 aromatic heterocycles. The Bertz CT molecular complexity index is 581. The first kappa shape index (κ1) is 18.1. The van der Waals surface area contributed by atoms with E-state index in [2.05, 4.69) is 79.4 Å². The Morgan fingerprint density at radius 3 is 1.84 bits per heavy atom. The molecule has 1 heterocycles. The van der Waals surface area contributed by atoms with Gasteiger partial charge in [0.1, 0.15) is 0 Å². The van der Waals surface area contributed by atoms with Gasteiger partial charge in [0.15, 0.2) is 5.79 Å². The summed E-state index contributed by atoms with van der Waals surface area (Å²) in [4.78, 5) is 2.51. The topological polar surface area (TPSA) is 21.7 Å². The molecule has 0 N–H and O–H groups in total. The molecule has 1 aliphatic rings. The van der Waals surface area contributed by atoms with Gasteiger partial charge in [-0.1, -0.05) is 67.6 Å². The van der Waals surface area contributed by atoms with Crippen molar-refractivity contribution in [2.45, 2.75) is 39.1 Å². The third-order valence-corrected chi connectivity index (χ3v) is 5.13. The summed E-state index contributed by atoms with van der Waals surface area (Å²) in [6.07, 6.45) is 1.05. The highest BCUT2D eigenvalue weighted by molar-refractivity contribution is 5.17. The Balaban J connectivity index is 1.63. The fourth-order valence-electron chi connectivity index (χ4n) is 3.35. The standard InChI is InChI=1S/C22H29NO2/c1-19(22(2)24-15-16-25-22)13-14-23(17-20-9-5-3-6-10-20)18-21-11-7-4-8-12-21/h3-12,19H,13-18H2,1-2H3. The lowest BCUT2D eigenvalue weighted by Gasteiger charge is -2.31. The van der Waals surface area contributed by atoms with Gasteiger partial charge in [-0.3, -0.25) is 4.90 Å². The van der Waals surface area contributed by atoms with Crippen LogP contribution in [0.3, 0.4) is 0 Å². The van der Waals surface area contributed by atoms with Crippen LogP contribution < -0.4 is 0 Å². The molecular weight excluding hydrogens is 310 g/mol. The van der Waals surface area contributed by atoms with Gasteiger partial charge in [-0.2, -0.15) is 0 Å². The SMILES string of the molecule is CC(CCN(Cc1ccccc1)Cc1ccccc1)C1(C)OCCO1. The summed E-state index contributed by atoms with van der Waals surface area (Å²) in [5.74, 6) is -0.0606. The summed E-state index contributed by atoms with van der Waals surface area (Å²) < 4.78 is 11.7. The van der Waals surface area contributed by atoms with Crippen LogP contribution >= 0.6 is 0 Å². The van der Waals surface area contributed by atoms with Crippen molar-refractivity contribution in [3.63, 3.8) is 0 Å². The van der Waals surface area contributed by atoms with Crippen LogP contribution in [-0.4, -0.2) is 30.4 Å². The lowest BCUT2D eigenvalue weighted by molar-refractivity contribution is -0.179. The molecule has 0 spiro atoms. The molecule has 1 unspecified atom stereocenters. The third kappa shape index (κ3) is 5.15. The van der Waals surface area contributed by atoms with E-state index in [0.29, 0.717) is 19.1 Å². The highest BCUT2D eigenvalue weighted by atomic mass is 16.7. The van der Waals surface area contributed by atoms with Gasteiger partial charge in [-0.05, 0) is 31.0 Å². The van der Waals surface area contributed by atoms with Crippen molar-refractivity contribution in [3.05, 3.63) is 71.8 Å². The van der Waals surface area contributed by atoms with Crippen molar-refractivity contribution in [2.24, 2.45) is 5.92 Å². The van der Waals surface area contributed by atoms with Gasteiger partial charge in [0.25, 0.3) is 0 Å². The first-order valence-corrected chi connectivity index (χ1v) is 9.24. The molecule has 1 fully saturated rings. The van der Waals surface area contributed by atoms with Crippen LogP contribution in [0.1, 0.15) is 31.4 Å². The van der Waals surface area contributed by atoms with Gasteiger partial charge in [0, 0.05) is 19.0 Å². The first-order chi connectivity index (χ1) is 12.2. The number of nitrogens with zero attached hydrogens (tertiary/aromatic N) is 1. The van der Waals surface area contributed by atoms with Gasteiger partial charge in [0.2, 0.25) is 0 Å². The van der Waals surface area contributed by atoms with Gasteiger partial charge in [-0.15, -0.1) is 0 Å². The van der Waals surface area contributed by atoms with Crippen molar-refractivity contribution < 1.29 is 9.47 Å². The maximum absolute atomic E-state index is 5.83. The number of rotatable bonds is 8.